The van der Waals surface area contributed by atoms with Gasteiger partial charge >= 0.3 is 0 Å². The molecule has 5 rings (SSSR count). The lowest BCUT2D eigenvalue weighted by Gasteiger charge is -2.57. The van der Waals surface area contributed by atoms with Crippen LogP contribution in [0.4, 0.5) is 0 Å². The van der Waals surface area contributed by atoms with Crippen LogP contribution >= 0.6 is 17.9 Å². The van der Waals surface area contributed by atoms with E-state index in [9.17, 15) is 4.57 Å². The van der Waals surface area contributed by atoms with Gasteiger partial charge in [-0.1, -0.05) is 18.2 Å². The van der Waals surface area contributed by atoms with Crippen molar-refractivity contribution in [3.8, 4) is 0 Å². The van der Waals surface area contributed by atoms with E-state index in [4.69, 9.17) is 11.2 Å². The number of rotatable bonds is 3. The molecule has 0 aromatic heterocycles. The predicted molar refractivity (Wildman–Crippen MR) is 83.6 cm³/mol. The van der Waals surface area contributed by atoms with Crippen molar-refractivity contribution in [3.63, 3.8) is 0 Å². The SMILES string of the molecule is O=[P@@](Cl)(NC12CC3CC(CC(C3)C1)C2)c1ccccc1. The molecule has 4 saturated carbocycles. The summed E-state index contributed by atoms with van der Waals surface area (Å²) in [6.07, 6.45) is 7.67. The Morgan fingerprint density at radius 2 is 1.50 bits per heavy atom. The molecule has 4 heteroatoms. The average Bonchev–Trinajstić information content (AvgIpc) is 2.36. The second-order valence-electron chi connectivity index (χ2n) is 7.18. The summed E-state index contributed by atoms with van der Waals surface area (Å²) >= 11 is 6.44. The Morgan fingerprint density at radius 3 is 2.00 bits per heavy atom. The normalized spacial score (nSPS) is 41.5. The van der Waals surface area contributed by atoms with E-state index in [1.54, 1.807) is 0 Å². The first-order chi connectivity index (χ1) is 9.55. The van der Waals surface area contributed by atoms with Gasteiger partial charge in [-0.3, -0.25) is 4.57 Å². The van der Waals surface area contributed by atoms with Gasteiger partial charge in [0.05, 0.1) is 0 Å². The third-order valence-electron chi connectivity index (χ3n) is 5.51. The van der Waals surface area contributed by atoms with Gasteiger partial charge in [0.1, 0.15) is 0 Å². The molecule has 1 N–H and O–H groups in total. The van der Waals surface area contributed by atoms with Crippen molar-refractivity contribution in [2.45, 2.75) is 44.1 Å². The van der Waals surface area contributed by atoms with Crippen LogP contribution in [0.5, 0.6) is 0 Å². The van der Waals surface area contributed by atoms with E-state index in [2.05, 4.69) is 5.09 Å². The fraction of sp³-hybridized carbons (Fsp3) is 0.625. The number of hydrogen-bond donors (Lipinski definition) is 1. The van der Waals surface area contributed by atoms with E-state index in [1.807, 2.05) is 30.3 Å². The molecule has 0 saturated heterocycles. The molecule has 0 aliphatic heterocycles. The molecule has 4 fully saturated rings. The van der Waals surface area contributed by atoms with Gasteiger partial charge in [0.2, 0.25) is 0 Å². The van der Waals surface area contributed by atoms with Crippen molar-refractivity contribution in [2.75, 3.05) is 0 Å². The monoisotopic (exact) mass is 309 g/mol. The Bertz CT molecular complexity index is 524. The highest BCUT2D eigenvalue weighted by atomic mass is 35.7. The lowest BCUT2D eigenvalue weighted by molar-refractivity contribution is -0.00801. The van der Waals surface area contributed by atoms with Crippen LogP contribution in [-0.4, -0.2) is 5.54 Å². The van der Waals surface area contributed by atoms with E-state index in [0.717, 1.165) is 23.1 Å². The van der Waals surface area contributed by atoms with Gasteiger partial charge in [-0.15, -0.1) is 0 Å². The Morgan fingerprint density at radius 1 is 1.00 bits per heavy atom. The quantitative estimate of drug-likeness (QED) is 0.843. The average molecular weight is 310 g/mol. The predicted octanol–water partition coefficient (Wildman–Crippen LogP) is 4.30. The maximum Gasteiger partial charge on any atom is 0.261 e. The fourth-order valence-electron chi connectivity index (χ4n) is 5.24. The molecule has 0 unspecified atom stereocenters. The number of nitrogens with one attached hydrogen (secondary N) is 1. The van der Waals surface area contributed by atoms with Crippen LogP contribution in [0.2, 0.25) is 0 Å². The van der Waals surface area contributed by atoms with Crippen LogP contribution in [0.1, 0.15) is 38.5 Å². The minimum atomic E-state index is -2.97. The smallest absolute Gasteiger partial charge is 0.261 e. The topological polar surface area (TPSA) is 29.1 Å². The van der Waals surface area contributed by atoms with Crippen LogP contribution in [0, 0.1) is 17.8 Å². The Kier molecular flexibility index (Phi) is 3.07. The summed E-state index contributed by atoms with van der Waals surface area (Å²) in [6.45, 7) is -2.97. The molecule has 0 spiro atoms. The Hall–Kier alpha value is -0.300. The van der Waals surface area contributed by atoms with Crippen molar-refractivity contribution >= 4 is 23.2 Å². The van der Waals surface area contributed by atoms with Gasteiger partial charge in [-0.25, -0.2) is 5.09 Å². The highest BCUT2D eigenvalue weighted by Gasteiger charge is 2.52. The lowest BCUT2D eigenvalue weighted by Crippen LogP contribution is -2.57. The zero-order valence-corrected chi connectivity index (χ0v) is 13.2. The Balaban J connectivity index is 1.61. The summed E-state index contributed by atoms with van der Waals surface area (Å²) in [5, 5.41) is 4.19. The van der Waals surface area contributed by atoms with Crippen LogP contribution in [0.15, 0.2) is 30.3 Å². The Labute approximate surface area is 125 Å². The second kappa shape index (κ2) is 4.60. The molecule has 2 nitrogen and oxygen atoms in total. The molecule has 4 bridgehead atoms. The molecule has 1 aromatic carbocycles. The molecule has 4 aliphatic rings. The second-order valence-corrected chi connectivity index (χ2v) is 10.4. The largest absolute Gasteiger partial charge is 0.284 e. The minimum absolute atomic E-state index is 0.0435. The first kappa shape index (κ1) is 13.4. The number of hydrogen-bond acceptors (Lipinski definition) is 1. The zero-order valence-electron chi connectivity index (χ0n) is 11.6. The van der Waals surface area contributed by atoms with Gasteiger partial charge in [-0.05, 0) is 79.7 Å². The zero-order chi connectivity index (χ0) is 13.8. The van der Waals surface area contributed by atoms with E-state index in [0.29, 0.717) is 0 Å². The van der Waals surface area contributed by atoms with Crippen molar-refractivity contribution in [1.82, 2.24) is 5.09 Å². The molecular weight excluding hydrogens is 289 g/mol. The summed E-state index contributed by atoms with van der Waals surface area (Å²) < 4.78 is 13.0. The van der Waals surface area contributed by atoms with Crippen molar-refractivity contribution < 1.29 is 4.57 Å². The minimum Gasteiger partial charge on any atom is -0.284 e. The maximum atomic E-state index is 13.0. The summed E-state index contributed by atoms with van der Waals surface area (Å²) in [7, 11) is 0. The highest BCUT2D eigenvalue weighted by Crippen LogP contribution is 2.59. The molecular formula is C16H21ClNOP. The molecule has 0 amide bonds. The van der Waals surface area contributed by atoms with Gasteiger partial charge in [0.25, 0.3) is 6.65 Å². The maximum absolute atomic E-state index is 13.0. The molecule has 108 valence electrons. The molecule has 0 radical (unpaired) electrons. The first-order valence-corrected chi connectivity index (χ1v) is 10.3. The van der Waals surface area contributed by atoms with Gasteiger partial charge in [-0.2, -0.15) is 0 Å². The highest BCUT2D eigenvalue weighted by molar-refractivity contribution is 7.93. The molecule has 0 heterocycles. The van der Waals surface area contributed by atoms with Gasteiger partial charge in [0.15, 0.2) is 0 Å². The van der Waals surface area contributed by atoms with Crippen LogP contribution in [-0.2, 0) is 4.57 Å². The molecule has 20 heavy (non-hydrogen) atoms. The van der Waals surface area contributed by atoms with Crippen LogP contribution < -0.4 is 10.4 Å². The van der Waals surface area contributed by atoms with Crippen LogP contribution in [0.3, 0.4) is 0 Å². The van der Waals surface area contributed by atoms with E-state index in [1.165, 1.54) is 38.5 Å². The molecule has 1 aromatic rings. The third kappa shape index (κ3) is 2.26. The van der Waals surface area contributed by atoms with E-state index in [-0.39, 0.29) is 5.54 Å². The fourth-order valence-corrected chi connectivity index (χ4v) is 7.68. The van der Waals surface area contributed by atoms with Crippen molar-refractivity contribution in [3.05, 3.63) is 30.3 Å². The first-order valence-electron chi connectivity index (χ1n) is 7.69. The van der Waals surface area contributed by atoms with Gasteiger partial charge in [0, 0.05) is 10.8 Å². The standard InChI is InChI=1S/C16H21ClNOP/c17-20(19,15-4-2-1-3-5-15)18-16-9-12-6-13(10-16)8-14(7-12)11-16/h1-5,12-14H,6-11H2,(H,18,19)/t12?,13?,14?,16?,20-/m0/s1. The van der Waals surface area contributed by atoms with Crippen LogP contribution in [0.25, 0.3) is 0 Å². The molecule has 4 aliphatic carbocycles. The summed E-state index contributed by atoms with van der Waals surface area (Å²) in [5.41, 5.74) is 0.0435. The lowest BCUT2D eigenvalue weighted by atomic mass is 9.53. The third-order valence-corrected chi connectivity index (χ3v) is 8.07. The van der Waals surface area contributed by atoms with E-state index >= 15 is 0 Å². The number of benzene rings is 1. The summed E-state index contributed by atoms with van der Waals surface area (Å²) in [5.74, 6) is 2.50. The summed E-state index contributed by atoms with van der Waals surface area (Å²) in [6, 6.07) is 9.51. The summed E-state index contributed by atoms with van der Waals surface area (Å²) in [4.78, 5) is 0. The van der Waals surface area contributed by atoms with Crippen molar-refractivity contribution in [1.29, 1.82) is 0 Å². The number of halogens is 1. The van der Waals surface area contributed by atoms with E-state index < -0.39 is 6.65 Å². The molecule has 1 atom stereocenters. The van der Waals surface area contributed by atoms with Crippen molar-refractivity contribution in [2.24, 2.45) is 17.8 Å². The van der Waals surface area contributed by atoms with Gasteiger partial charge < -0.3 is 0 Å².